The first-order valence-corrected chi connectivity index (χ1v) is 7.38. The van der Waals surface area contributed by atoms with Gasteiger partial charge in [0.1, 0.15) is 9.88 Å². The number of nitrogens with two attached hydrogens (primary N) is 2. The molecule has 1 heterocycles. The fourth-order valence-corrected chi connectivity index (χ4v) is 2.71. The van der Waals surface area contributed by atoms with Gasteiger partial charge in [0.25, 0.3) is 11.8 Å². The lowest BCUT2D eigenvalue weighted by molar-refractivity contribution is 0.0960. The monoisotopic (exact) mass is 298 g/mol. The van der Waals surface area contributed by atoms with Gasteiger partial charge in [-0.2, -0.15) is 0 Å². The van der Waals surface area contributed by atoms with Crippen molar-refractivity contribution in [2.75, 3.05) is 17.6 Å². The van der Waals surface area contributed by atoms with Crippen molar-refractivity contribution in [3.05, 3.63) is 10.4 Å². The molecule has 0 aliphatic rings. The van der Waals surface area contributed by atoms with Crippen molar-refractivity contribution in [2.24, 2.45) is 11.7 Å². The van der Waals surface area contributed by atoms with Crippen LogP contribution >= 0.6 is 11.3 Å². The summed E-state index contributed by atoms with van der Waals surface area (Å²) in [7, 11) is 0. The Morgan fingerprint density at radius 1 is 1.30 bits per heavy atom. The summed E-state index contributed by atoms with van der Waals surface area (Å²) < 4.78 is 0. The number of rotatable bonds is 6. The maximum Gasteiger partial charge on any atom is 0.263 e. The van der Waals surface area contributed by atoms with Crippen LogP contribution in [-0.2, 0) is 0 Å². The van der Waals surface area contributed by atoms with Crippen molar-refractivity contribution in [1.29, 1.82) is 0 Å². The zero-order valence-electron chi connectivity index (χ0n) is 12.2. The summed E-state index contributed by atoms with van der Waals surface area (Å²) in [5, 5.41) is 6.43. The van der Waals surface area contributed by atoms with E-state index < -0.39 is 5.91 Å². The lowest BCUT2D eigenvalue weighted by Crippen LogP contribution is -2.23. The van der Waals surface area contributed by atoms with Gasteiger partial charge < -0.3 is 22.1 Å². The number of hydrogen-bond acceptors (Lipinski definition) is 5. The van der Waals surface area contributed by atoms with E-state index in [0.29, 0.717) is 22.3 Å². The molecule has 6 N–H and O–H groups in total. The van der Waals surface area contributed by atoms with Gasteiger partial charge in [-0.15, -0.1) is 11.3 Å². The van der Waals surface area contributed by atoms with Crippen molar-refractivity contribution < 1.29 is 9.59 Å². The standard InChI is InChI=1S/C13H22N4O2S/c1-5-16-12(19)10-9(14)8(11(15)18)13(20-10)17-7(4)6(2)3/h6-7,17H,5,14H2,1-4H3,(H2,15,18)(H,16,19). The normalized spacial score (nSPS) is 12.2. The van der Waals surface area contributed by atoms with E-state index in [1.807, 2.05) is 13.8 Å². The highest BCUT2D eigenvalue weighted by Crippen LogP contribution is 2.36. The molecule has 0 bridgehead atoms. The zero-order chi connectivity index (χ0) is 15.4. The van der Waals surface area contributed by atoms with E-state index in [9.17, 15) is 9.59 Å². The van der Waals surface area contributed by atoms with Gasteiger partial charge in [0.2, 0.25) is 0 Å². The van der Waals surface area contributed by atoms with Crippen molar-refractivity contribution in [3.63, 3.8) is 0 Å². The molecule has 0 fully saturated rings. The Hall–Kier alpha value is -1.76. The second-order valence-corrected chi connectivity index (χ2v) is 5.97. The van der Waals surface area contributed by atoms with Gasteiger partial charge in [0, 0.05) is 12.6 Å². The Labute approximate surface area is 122 Å². The van der Waals surface area contributed by atoms with Crippen LogP contribution in [0, 0.1) is 5.92 Å². The van der Waals surface area contributed by atoms with Gasteiger partial charge >= 0.3 is 0 Å². The minimum absolute atomic E-state index is 0.133. The second kappa shape index (κ2) is 6.60. The fraction of sp³-hybridized carbons (Fsp3) is 0.538. The van der Waals surface area contributed by atoms with Gasteiger partial charge in [-0.3, -0.25) is 9.59 Å². The van der Waals surface area contributed by atoms with Gasteiger partial charge in [-0.1, -0.05) is 13.8 Å². The van der Waals surface area contributed by atoms with Crippen LogP contribution in [0.1, 0.15) is 47.7 Å². The molecule has 0 aromatic carbocycles. The first kappa shape index (κ1) is 16.3. The first-order valence-electron chi connectivity index (χ1n) is 6.56. The number of nitrogens with one attached hydrogen (secondary N) is 2. The van der Waals surface area contributed by atoms with Crippen LogP contribution in [0.3, 0.4) is 0 Å². The third kappa shape index (κ3) is 3.41. The summed E-state index contributed by atoms with van der Waals surface area (Å²) in [6.07, 6.45) is 0. The van der Waals surface area contributed by atoms with Crippen LogP contribution in [-0.4, -0.2) is 24.4 Å². The quantitative estimate of drug-likeness (QED) is 0.639. The zero-order valence-corrected chi connectivity index (χ0v) is 13.1. The summed E-state index contributed by atoms with van der Waals surface area (Å²) in [6.45, 7) is 8.42. The molecular weight excluding hydrogens is 276 g/mol. The molecule has 0 saturated carbocycles. The summed E-state index contributed by atoms with van der Waals surface area (Å²) >= 11 is 1.16. The third-order valence-electron chi connectivity index (χ3n) is 3.09. The molecule has 0 saturated heterocycles. The predicted molar refractivity (Wildman–Crippen MR) is 83.2 cm³/mol. The number of carbonyl (C=O) groups is 2. The predicted octanol–water partition coefficient (Wildman–Crippen LogP) is 1.64. The molecule has 0 aliphatic carbocycles. The molecule has 1 aromatic rings. The van der Waals surface area contributed by atoms with Crippen LogP contribution in [0.2, 0.25) is 0 Å². The number of anilines is 2. The van der Waals surface area contributed by atoms with E-state index in [4.69, 9.17) is 11.5 Å². The molecule has 0 radical (unpaired) electrons. The molecule has 0 aliphatic heterocycles. The third-order valence-corrected chi connectivity index (χ3v) is 4.23. The van der Waals surface area contributed by atoms with Gasteiger partial charge in [0.05, 0.1) is 11.3 Å². The summed E-state index contributed by atoms with van der Waals surface area (Å²) in [6, 6.07) is 0.133. The molecule has 6 nitrogen and oxygen atoms in total. The second-order valence-electron chi connectivity index (χ2n) is 4.95. The van der Waals surface area contributed by atoms with Crippen LogP contribution in [0.25, 0.3) is 0 Å². The molecule has 112 valence electrons. The van der Waals surface area contributed by atoms with Crippen LogP contribution in [0.5, 0.6) is 0 Å². The highest BCUT2D eigenvalue weighted by atomic mass is 32.1. The van der Waals surface area contributed by atoms with Crippen molar-refractivity contribution >= 4 is 33.8 Å². The van der Waals surface area contributed by atoms with Crippen LogP contribution < -0.4 is 22.1 Å². The lowest BCUT2D eigenvalue weighted by Gasteiger charge is -2.18. The Kier molecular flexibility index (Phi) is 5.38. The molecule has 2 amide bonds. The van der Waals surface area contributed by atoms with Crippen LogP contribution in [0.15, 0.2) is 0 Å². The molecule has 1 aromatic heterocycles. The average Bonchev–Trinajstić information content (AvgIpc) is 2.66. The number of thiophene rings is 1. The van der Waals surface area contributed by atoms with E-state index in [-0.39, 0.29) is 23.2 Å². The Bertz CT molecular complexity index is 511. The molecule has 1 unspecified atom stereocenters. The van der Waals surface area contributed by atoms with E-state index in [1.54, 1.807) is 0 Å². The highest BCUT2D eigenvalue weighted by Gasteiger charge is 2.25. The molecule has 7 heteroatoms. The minimum Gasteiger partial charge on any atom is -0.397 e. The Morgan fingerprint density at radius 2 is 1.90 bits per heavy atom. The molecule has 0 spiro atoms. The first-order chi connectivity index (χ1) is 9.29. The summed E-state index contributed by atoms with van der Waals surface area (Å²) in [5.74, 6) is -0.553. The van der Waals surface area contributed by atoms with Crippen molar-refractivity contribution in [1.82, 2.24) is 5.32 Å². The van der Waals surface area contributed by atoms with Crippen LogP contribution in [0.4, 0.5) is 10.7 Å². The SMILES string of the molecule is CCNC(=O)c1sc(NC(C)C(C)C)c(C(N)=O)c1N. The van der Waals surface area contributed by atoms with E-state index in [1.165, 1.54) is 0 Å². The molecule has 1 atom stereocenters. The number of primary amides is 1. The Morgan fingerprint density at radius 3 is 2.35 bits per heavy atom. The Balaban J connectivity index is 3.19. The van der Waals surface area contributed by atoms with Crippen molar-refractivity contribution in [2.45, 2.75) is 33.7 Å². The smallest absolute Gasteiger partial charge is 0.263 e. The number of hydrogen-bond donors (Lipinski definition) is 4. The topological polar surface area (TPSA) is 110 Å². The summed E-state index contributed by atoms with van der Waals surface area (Å²) in [4.78, 5) is 23.8. The number of amides is 2. The average molecular weight is 298 g/mol. The van der Waals surface area contributed by atoms with Gasteiger partial charge in [-0.25, -0.2) is 0 Å². The maximum absolute atomic E-state index is 11.9. The molecule has 20 heavy (non-hydrogen) atoms. The molecule has 1 rings (SSSR count). The minimum atomic E-state index is -0.632. The van der Waals surface area contributed by atoms with E-state index in [2.05, 4.69) is 24.5 Å². The maximum atomic E-state index is 11.9. The van der Waals surface area contributed by atoms with Gasteiger partial charge in [0.15, 0.2) is 0 Å². The lowest BCUT2D eigenvalue weighted by atomic mass is 10.1. The van der Waals surface area contributed by atoms with Crippen molar-refractivity contribution in [3.8, 4) is 0 Å². The highest BCUT2D eigenvalue weighted by molar-refractivity contribution is 7.19. The number of carbonyl (C=O) groups excluding carboxylic acids is 2. The molecular formula is C13H22N4O2S. The largest absolute Gasteiger partial charge is 0.397 e. The van der Waals surface area contributed by atoms with E-state index >= 15 is 0 Å². The van der Waals surface area contributed by atoms with Gasteiger partial charge in [-0.05, 0) is 19.8 Å². The fourth-order valence-electron chi connectivity index (χ4n) is 1.57. The number of nitrogen functional groups attached to an aromatic ring is 1. The summed E-state index contributed by atoms with van der Waals surface area (Å²) in [5.41, 5.74) is 11.6. The van der Waals surface area contributed by atoms with E-state index in [0.717, 1.165) is 11.3 Å².